The van der Waals surface area contributed by atoms with Gasteiger partial charge in [0.05, 0.1) is 22.9 Å². The second kappa shape index (κ2) is 13.6. The maximum atomic E-state index is 11.3. The highest BCUT2D eigenvalue weighted by Crippen LogP contribution is 2.31. The summed E-state index contributed by atoms with van der Waals surface area (Å²) in [7, 11) is 0. The first-order chi connectivity index (χ1) is 20.4. The quantitative estimate of drug-likeness (QED) is 0.154. The number of carboxylic acids is 1. The van der Waals surface area contributed by atoms with Gasteiger partial charge in [-0.1, -0.05) is 91.2 Å². The number of aromatic nitrogens is 2. The highest BCUT2D eigenvalue weighted by Gasteiger charge is 2.12. The fraction of sp³-hybridized carbons (Fsp3) is 0.143. The van der Waals surface area contributed by atoms with Crippen LogP contribution in [0.25, 0.3) is 34.5 Å². The first-order valence-electron chi connectivity index (χ1n) is 13.8. The summed E-state index contributed by atoms with van der Waals surface area (Å²) in [6, 6.07) is 28.7. The number of halogens is 2. The zero-order valence-corrected chi connectivity index (χ0v) is 24.6. The molecule has 0 spiro atoms. The van der Waals surface area contributed by atoms with E-state index in [0.29, 0.717) is 16.6 Å². The van der Waals surface area contributed by atoms with Gasteiger partial charge in [0.2, 0.25) is 0 Å². The third kappa shape index (κ3) is 7.30. The first kappa shape index (κ1) is 29.2. The van der Waals surface area contributed by atoms with Gasteiger partial charge in [-0.3, -0.25) is 0 Å². The lowest BCUT2D eigenvalue weighted by Gasteiger charge is -2.08. The van der Waals surface area contributed by atoms with Crippen LogP contribution in [0.5, 0.6) is 5.75 Å². The third-order valence-electron chi connectivity index (χ3n) is 6.84. The average Bonchev–Trinajstić information content (AvgIpc) is 3.39. The molecule has 0 fully saturated rings. The van der Waals surface area contributed by atoms with E-state index in [4.69, 9.17) is 32.9 Å². The Bertz CT molecular complexity index is 1710. The van der Waals surface area contributed by atoms with Crippen LogP contribution in [0.1, 0.15) is 47.1 Å². The molecule has 0 unspecified atom stereocenters. The van der Waals surface area contributed by atoms with E-state index < -0.39 is 5.97 Å². The fourth-order valence-corrected chi connectivity index (χ4v) is 5.03. The summed E-state index contributed by atoms with van der Waals surface area (Å²) in [5.74, 6) is 0.664. The van der Waals surface area contributed by atoms with Crippen LogP contribution in [0, 0.1) is 0 Å². The number of imidazole rings is 1. The molecule has 0 saturated carbocycles. The number of carboxylic acid groups (broad SMARTS) is 1. The van der Waals surface area contributed by atoms with Gasteiger partial charge >= 0.3 is 5.97 Å². The monoisotopic (exact) mass is 596 g/mol. The molecule has 5 rings (SSSR count). The van der Waals surface area contributed by atoms with Crippen LogP contribution >= 0.6 is 23.2 Å². The summed E-state index contributed by atoms with van der Waals surface area (Å²) in [4.78, 5) is 16.1. The molecule has 0 aliphatic rings. The van der Waals surface area contributed by atoms with Gasteiger partial charge in [0.1, 0.15) is 11.6 Å². The summed E-state index contributed by atoms with van der Waals surface area (Å²) in [6.45, 7) is 3.38. The maximum Gasteiger partial charge on any atom is 0.335 e. The molecule has 7 heteroatoms. The molecular weight excluding hydrogens is 567 g/mol. The highest BCUT2D eigenvalue weighted by atomic mass is 35.5. The lowest BCUT2D eigenvalue weighted by atomic mass is 10.0. The molecule has 4 aromatic carbocycles. The van der Waals surface area contributed by atoms with Gasteiger partial charge in [0.25, 0.3) is 0 Å². The molecule has 1 heterocycles. The van der Waals surface area contributed by atoms with Gasteiger partial charge in [-0.2, -0.15) is 0 Å². The molecular formula is C35H30Cl2N2O3. The second-order valence-electron chi connectivity index (χ2n) is 9.92. The van der Waals surface area contributed by atoms with E-state index in [1.165, 1.54) is 0 Å². The second-order valence-corrected chi connectivity index (χ2v) is 10.8. The average molecular weight is 598 g/mol. The molecule has 212 valence electrons. The Kier molecular flexibility index (Phi) is 9.42. The van der Waals surface area contributed by atoms with E-state index >= 15 is 0 Å². The van der Waals surface area contributed by atoms with Crippen molar-refractivity contribution in [2.24, 2.45) is 0 Å². The molecule has 0 aliphatic heterocycles. The zero-order valence-electron chi connectivity index (χ0n) is 23.1. The van der Waals surface area contributed by atoms with Gasteiger partial charge in [-0.25, -0.2) is 9.78 Å². The summed E-state index contributed by atoms with van der Waals surface area (Å²) in [5.41, 5.74) is 5.94. The highest BCUT2D eigenvalue weighted by molar-refractivity contribution is 6.36. The van der Waals surface area contributed by atoms with E-state index in [1.807, 2.05) is 53.2 Å². The van der Waals surface area contributed by atoms with E-state index in [1.54, 1.807) is 24.3 Å². The summed E-state index contributed by atoms with van der Waals surface area (Å²) in [5, 5.41) is 10.3. The van der Waals surface area contributed by atoms with Crippen LogP contribution in [0.3, 0.4) is 0 Å². The van der Waals surface area contributed by atoms with Crippen molar-refractivity contribution >= 4 is 41.3 Å². The molecule has 5 nitrogen and oxygen atoms in total. The van der Waals surface area contributed by atoms with Gasteiger partial charge in [0.15, 0.2) is 0 Å². The minimum atomic E-state index is -0.952. The number of hydrogen-bond donors (Lipinski definition) is 1. The van der Waals surface area contributed by atoms with Crippen molar-refractivity contribution in [2.45, 2.75) is 26.3 Å². The van der Waals surface area contributed by atoms with E-state index in [-0.39, 0.29) is 5.56 Å². The molecule has 5 aromatic rings. The number of ether oxygens (including phenoxy) is 1. The van der Waals surface area contributed by atoms with Crippen molar-refractivity contribution in [3.63, 3.8) is 0 Å². The van der Waals surface area contributed by atoms with Crippen molar-refractivity contribution in [1.82, 2.24) is 9.55 Å². The number of aromatic carboxylic acids is 1. The predicted octanol–water partition coefficient (Wildman–Crippen LogP) is 9.62. The van der Waals surface area contributed by atoms with Crippen LogP contribution in [0.15, 0.2) is 97.2 Å². The minimum absolute atomic E-state index is 0.248. The lowest BCUT2D eigenvalue weighted by molar-refractivity contribution is 0.0697. The fourth-order valence-electron chi connectivity index (χ4n) is 4.52. The molecule has 0 radical (unpaired) electrons. The van der Waals surface area contributed by atoms with Crippen LogP contribution in [-0.4, -0.2) is 27.2 Å². The maximum absolute atomic E-state index is 11.3. The molecule has 0 amide bonds. The van der Waals surface area contributed by atoms with Crippen LogP contribution in [0.2, 0.25) is 10.0 Å². The van der Waals surface area contributed by atoms with Gasteiger partial charge in [-0.05, 0) is 77.2 Å². The van der Waals surface area contributed by atoms with Crippen molar-refractivity contribution in [2.75, 3.05) is 6.61 Å². The van der Waals surface area contributed by atoms with Crippen molar-refractivity contribution in [1.29, 1.82) is 0 Å². The summed E-state index contributed by atoms with van der Waals surface area (Å²) < 4.78 is 7.89. The number of hydrogen-bond acceptors (Lipinski definition) is 3. The van der Waals surface area contributed by atoms with Crippen molar-refractivity contribution in [3.05, 3.63) is 130 Å². The minimum Gasteiger partial charge on any atom is -0.494 e. The first-order valence-corrected chi connectivity index (χ1v) is 14.5. The zero-order chi connectivity index (χ0) is 29.5. The molecule has 42 heavy (non-hydrogen) atoms. The third-order valence-corrected chi connectivity index (χ3v) is 7.39. The number of rotatable bonds is 11. The van der Waals surface area contributed by atoms with Gasteiger partial charge in [-0.15, -0.1) is 0 Å². The lowest BCUT2D eigenvalue weighted by Crippen LogP contribution is -2.02. The Morgan fingerprint density at radius 2 is 1.71 bits per heavy atom. The van der Waals surface area contributed by atoms with Gasteiger partial charge < -0.3 is 14.4 Å². The van der Waals surface area contributed by atoms with Gasteiger partial charge in [0, 0.05) is 23.3 Å². The Balaban J connectivity index is 1.40. The van der Waals surface area contributed by atoms with Crippen molar-refractivity contribution in [3.8, 4) is 28.1 Å². The summed E-state index contributed by atoms with van der Waals surface area (Å²) >= 11 is 12.6. The molecule has 0 bridgehead atoms. The topological polar surface area (TPSA) is 64.4 Å². The molecule has 0 saturated heterocycles. The SMILES string of the molecule is CCCCOc1cccc(-c2ccc(C=Cc3nc(-c4ccc(Cl)cc4Cl)cn3Cc3ccc(C(=O)O)cc3)cc2)c1. The van der Waals surface area contributed by atoms with E-state index in [9.17, 15) is 9.90 Å². The van der Waals surface area contributed by atoms with Crippen LogP contribution < -0.4 is 4.74 Å². The van der Waals surface area contributed by atoms with Crippen LogP contribution in [0.4, 0.5) is 0 Å². The number of unbranched alkanes of at least 4 members (excludes halogenated alkanes) is 1. The smallest absolute Gasteiger partial charge is 0.335 e. The molecule has 1 aromatic heterocycles. The molecule has 0 atom stereocenters. The van der Waals surface area contributed by atoms with Crippen LogP contribution in [-0.2, 0) is 6.54 Å². The number of nitrogens with zero attached hydrogens (tertiary/aromatic N) is 2. The Hall–Kier alpha value is -4.32. The normalized spacial score (nSPS) is 11.2. The number of benzene rings is 4. The number of carbonyl (C=O) groups is 1. The Labute approximate surface area is 255 Å². The standard InChI is InChI=1S/C35H30Cl2N2O3/c1-2-3-19-42-30-6-4-5-28(20-30)26-12-7-24(8-13-26)11-18-34-38-33(31-17-16-29(36)21-32(31)37)23-39(34)22-25-9-14-27(15-10-25)35(40)41/h4-18,20-21,23H,2-3,19,22H2,1H3,(H,40,41). The predicted molar refractivity (Wildman–Crippen MR) is 171 cm³/mol. The van der Waals surface area contributed by atoms with E-state index in [0.717, 1.165) is 64.5 Å². The molecule has 0 aliphatic carbocycles. The Morgan fingerprint density at radius 3 is 2.43 bits per heavy atom. The summed E-state index contributed by atoms with van der Waals surface area (Å²) in [6.07, 6.45) is 8.07. The molecule has 1 N–H and O–H groups in total. The largest absolute Gasteiger partial charge is 0.494 e. The van der Waals surface area contributed by atoms with E-state index in [2.05, 4.69) is 43.3 Å². The Morgan fingerprint density at radius 1 is 0.929 bits per heavy atom. The van der Waals surface area contributed by atoms with Crippen molar-refractivity contribution < 1.29 is 14.6 Å².